The van der Waals surface area contributed by atoms with Crippen molar-refractivity contribution in [3.63, 3.8) is 0 Å². The Hall–Kier alpha value is -1.59. The minimum Gasteiger partial charge on any atom is -0.395 e. The fraction of sp³-hybridized carbons (Fsp3) is 0.611. The highest BCUT2D eigenvalue weighted by atomic mass is 16.3. The van der Waals surface area contributed by atoms with Gasteiger partial charge in [-0.3, -0.25) is 9.69 Å². The van der Waals surface area contributed by atoms with Crippen LogP contribution in [0.1, 0.15) is 32.6 Å². The summed E-state index contributed by atoms with van der Waals surface area (Å²) in [5.74, 6) is -0.0300. The van der Waals surface area contributed by atoms with Gasteiger partial charge in [0, 0.05) is 31.0 Å². The molecule has 1 heterocycles. The number of hydrogen-bond donors (Lipinski definition) is 2. The van der Waals surface area contributed by atoms with Crippen molar-refractivity contribution < 1.29 is 9.90 Å². The summed E-state index contributed by atoms with van der Waals surface area (Å²) in [5.41, 5.74) is 2.06. The first-order valence-corrected chi connectivity index (χ1v) is 8.71. The predicted molar refractivity (Wildman–Crippen MR) is 95.0 cm³/mol. The molecule has 1 amide bonds. The first-order valence-electron chi connectivity index (χ1n) is 8.71. The van der Waals surface area contributed by atoms with E-state index in [0.29, 0.717) is 13.1 Å². The van der Waals surface area contributed by atoms with Crippen molar-refractivity contribution in [3.05, 3.63) is 24.3 Å². The third kappa shape index (κ3) is 5.84. The lowest BCUT2D eigenvalue weighted by Gasteiger charge is -2.28. The van der Waals surface area contributed by atoms with Crippen molar-refractivity contribution in [3.8, 4) is 0 Å². The van der Waals surface area contributed by atoms with Gasteiger partial charge in [0.25, 0.3) is 0 Å². The number of carbonyl (C=O) groups is 1. The van der Waals surface area contributed by atoms with Crippen LogP contribution < -0.4 is 10.2 Å². The number of anilines is 2. The van der Waals surface area contributed by atoms with Crippen molar-refractivity contribution in [1.82, 2.24) is 4.90 Å². The fourth-order valence-corrected chi connectivity index (χ4v) is 3.04. The van der Waals surface area contributed by atoms with E-state index in [0.717, 1.165) is 31.7 Å². The van der Waals surface area contributed by atoms with Crippen LogP contribution in [0.2, 0.25) is 0 Å². The molecule has 0 bridgehead atoms. The Labute approximate surface area is 139 Å². The fourth-order valence-electron chi connectivity index (χ4n) is 3.04. The van der Waals surface area contributed by atoms with Crippen molar-refractivity contribution in [2.75, 3.05) is 49.5 Å². The number of nitrogens with zero attached hydrogens (tertiary/aromatic N) is 2. The van der Waals surface area contributed by atoms with Gasteiger partial charge < -0.3 is 15.3 Å². The van der Waals surface area contributed by atoms with E-state index in [1.165, 1.54) is 24.9 Å². The highest BCUT2D eigenvalue weighted by Crippen LogP contribution is 2.21. The number of benzene rings is 1. The van der Waals surface area contributed by atoms with Gasteiger partial charge in [-0.1, -0.05) is 6.92 Å². The van der Waals surface area contributed by atoms with Gasteiger partial charge in [-0.15, -0.1) is 0 Å². The van der Waals surface area contributed by atoms with Crippen molar-refractivity contribution in [1.29, 1.82) is 0 Å². The maximum atomic E-state index is 12.1. The molecule has 1 saturated heterocycles. The minimum absolute atomic E-state index is 0.0300. The molecule has 128 valence electrons. The molecule has 1 aromatic rings. The Bertz CT molecular complexity index is 464. The molecule has 0 unspecified atom stereocenters. The summed E-state index contributed by atoms with van der Waals surface area (Å²) < 4.78 is 0. The third-order valence-electron chi connectivity index (χ3n) is 4.20. The first-order chi connectivity index (χ1) is 11.2. The SMILES string of the molecule is CCCN(CCO)CC(=O)Nc1ccc(N2CCCCC2)cc1. The molecule has 5 nitrogen and oxygen atoms in total. The maximum absolute atomic E-state index is 12.1. The van der Waals surface area contributed by atoms with Gasteiger partial charge in [0.05, 0.1) is 13.2 Å². The largest absolute Gasteiger partial charge is 0.395 e. The van der Waals surface area contributed by atoms with E-state index in [4.69, 9.17) is 5.11 Å². The average molecular weight is 319 g/mol. The molecule has 23 heavy (non-hydrogen) atoms. The molecular weight excluding hydrogens is 290 g/mol. The van der Waals surface area contributed by atoms with E-state index >= 15 is 0 Å². The molecule has 1 fully saturated rings. The van der Waals surface area contributed by atoms with Gasteiger partial charge >= 0.3 is 0 Å². The first kappa shape index (κ1) is 17.8. The minimum atomic E-state index is -0.0300. The summed E-state index contributed by atoms with van der Waals surface area (Å²) >= 11 is 0. The van der Waals surface area contributed by atoms with Crippen LogP contribution >= 0.6 is 0 Å². The van der Waals surface area contributed by atoms with E-state index in [9.17, 15) is 4.79 Å². The standard InChI is InChI=1S/C18H29N3O2/c1-2-10-20(13-14-22)15-18(23)19-16-6-8-17(9-7-16)21-11-4-3-5-12-21/h6-9,22H,2-5,10-15H2,1H3,(H,19,23). The molecule has 2 N–H and O–H groups in total. The van der Waals surface area contributed by atoms with Gasteiger partial charge in [-0.05, 0) is 56.5 Å². The number of hydrogen-bond acceptors (Lipinski definition) is 4. The molecule has 0 radical (unpaired) electrons. The third-order valence-corrected chi connectivity index (χ3v) is 4.20. The molecule has 0 aliphatic carbocycles. The monoisotopic (exact) mass is 319 g/mol. The predicted octanol–water partition coefficient (Wildman–Crippen LogP) is 2.32. The lowest BCUT2D eigenvalue weighted by Crippen LogP contribution is -2.35. The molecule has 0 aromatic heterocycles. The molecule has 0 saturated carbocycles. The Morgan fingerprint density at radius 2 is 1.87 bits per heavy atom. The van der Waals surface area contributed by atoms with Crippen LogP contribution in [0.3, 0.4) is 0 Å². The summed E-state index contributed by atoms with van der Waals surface area (Å²) in [6.45, 7) is 6.08. The number of aliphatic hydroxyl groups excluding tert-OH is 1. The number of amides is 1. The zero-order valence-corrected chi connectivity index (χ0v) is 14.1. The zero-order valence-electron chi connectivity index (χ0n) is 14.1. The summed E-state index contributed by atoms with van der Waals surface area (Å²) in [4.78, 5) is 16.5. The Morgan fingerprint density at radius 1 is 1.17 bits per heavy atom. The van der Waals surface area contributed by atoms with Gasteiger partial charge in [0.15, 0.2) is 0 Å². The topological polar surface area (TPSA) is 55.8 Å². The summed E-state index contributed by atoms with van der Waals surface area (Å²) in [6, 6.07) is 8.10. The summed E-state index contributed by atoms with van der Waals surface area (Å²) in [6.07, 6.45) is 4.82. The second-order valence-electron chi connectivity index (χ2n) is 6.14. The van der Waals surface area contributed by atoms with E-state index in [2.05, 4.69) is 29.3 Å². The van der Waals surface area contributed by atoms with Crippen LogP contribution in [-0.4, -0.2) is 55.2 Å². The second-order valence-corrected chi connectivity index (χ2v) is 6.14. The molecule has 0 atom stereocenters. The zero-order chi connectivity index (χ0) is 16.5. The van der Waals surface area contributed by atoms with E-state index in [1.54, 1.807) is 0 Å². The number of nitrogens with one attached hydrogen (secondary N) is 1. The van der Waals surface area contributed by atoms with Crippen LogP contribution in [-0.2, 0) is 4.79 Å². The molecule has 5 heteroatoms. The summed E-state index contributed by atoms with van der Waals surface area (Å²) in [5, 5.41) is 12.0. The highest BCUT2D eigenvalue weighted by molar-refractivity contribution is 5.92. The van der Waals surface area contributed by atoms with Crippen LogP contribution in [0, 0.1) is 0 Å². The molecule has 1 aliphatic heterocycles. The number of carbonyl (C=O) groups excluding carboxylic acids is 1. The molecule has 1 aromatic carbocycles. The summed E-state index contributed by atoms with van der Waals surface area (Å²) in [7, 11) is 0. The van der Waals surface area contributed by atoms with Crippen LogP contribution in [0.4, 0.5) is 11.4 Å². The van der Waals surface area contributed by atoms with Gasteiger partial charge in [-0.2, -0.15) is 0 Å². The normalized spacial score (nSPS) is 15.0. The van der Waals surface area contributed by atoms with Gasteiger partial charge in [-0.25, -0.2) is 0 Å². The van der Waals surface area contributed by atoms with Gasteiger partial charge in [0.2, 0.25) is 5.91 Å². The maximum Gasteiger partial charge on any atom is 0.238 e. The quantitative estimate of drug-likeness (QED) is 0.772. The molecular formula is C18H29N3O2. The van der Waals surface area contributed by atoms with E-state index in [1.807, 2.05) is 17.0 Å². The molecule has 0 spiro atoms. The number of rotatable bonds is 8. The lowest BCUT2D eigenvalue weighted by molar-refractivity contribution is -0.117. The van der Waals surface area contributed by atoms with Crippen molar-refractivity contribution in [2.24, 2.45) is 0 Å². The second kappa shape index (κ2) is 9.53. The Kier molecular flexibility index (Phi) is 7.36. The Balaban J connectivity index is 1.85. The van der Waals surface area contributed by atoms with Crippen LogP contribution in [0.5, 0.6) is 0 Å². The number of piperidine rings is 1. The van der Waals surface area contributed by atoms with Crippen molar-refractivity contribution >= 4 is 17.3 Å². The highest BCUT2D eigenvalue weighted by Gasteiger charge is 2.12. The molecule has 2 rings (SSSR count). The van der Waals surface area contributed by atoms with Crippen LogP contribution in [0.25, 0.3) is 0 Å². The smallest absolute Gasteiger partial charge is 0.238 e. The molecule has 1 aliphatic rings. The number of aliphatic hydroxyl groups is 1. The van der Waals surface area contributed by atoms with Crippen LogP contribution in [0.15, 0.2) is 24.3 Å². The van der Waals surface area contributed by atoms with E-state index in [-0.39, 0.29) is 12.5 Å². The van der Waals surface area contributed by atoms with E-state index < -0.39 is 0 Å². The Morgan fingerprint density at radius 3 is 2.48 bits per heavy atom. The van der Waals surface area contributed by atoms with Crippen molar-refractivity contribution in [2.45, 2.75) is 32.6 Å². The lowest BCUT2D eigenvalue weighted by atomic mass is 10.1. The average Bonchev–Trinajstić information content (AvgIpc) is 2.57. The van der Waals surface area contributed by atoms with Gasteiger partial charge in [0.1, 0.15) is 0 Å².